The van der Waals surface area contributed by atoms with Crippen LogP contribution in [-0.2, 0) is 11.3 Å². The molecule has 1 amide bonds. The van der Waals surface area contributed by atoms with Crippen molar-refractivity contribution in [3.05, 3.63) is 40.5 Å². The third kappa shape index (κ3) is 4.39. The van der Waals surface area contributed by atoms with Gasteiger partial charge in [-0.15, -0.1) is 0 Å². The van der Waals surface area contributed by atoms with Gasteiger partial charge in [-0.3, -0.25) is 9.69 Å². The standard InChI is InChI=1S/C16H19BrN4O2/c1-11-18-15(23-20-11)10-21-8-6-12(7-9-21)16(22)19-14-4-2-13(17)3-5-14/h2-5,12H,6-10H2,1H3,(H,19,22). The number of hydrogen-bond acceptors (Lipinski definition) is 5. The van der Waals surface area contributed by atoms with Gasteiger partial charge in [0.2, 0.25) is 11.8 Å². The van der Waals surface area contributed by atoms with E-state index in [0.29, 0.717) is 18.3 Å². The van der Waals surface area contributed by atoms with Crippen molar-refractivity contribution in [2.24, 2.45) is 5.92 Å². The summed E-state index contributed by atoms with van der Waals surface area (Å²) < 4.78 is 6.14. The van der Waals surface area contributed by atoms with E-state index in [1.807, 2.05) is 31.2 Å². The number of rotatable bonds is 4. The molecule has 0 bridgehead atoms. The van der Waals surface area contributed by atoms with Gasteiger partial charge in [0.05, 0.1) is 6.54 Å². The van der Waals surface area contributed by atoms with Crippen molar-refractivity contribution in [1.82, 2.24) is 15.0 Å². The summed E-state index contributed by atoms with van der Waals surface area (Å²) in [6, 6.07) is 7.64. The van der Waals surface area contributed by atoms with Gasteiger partial charge in [0, 0.05) is 16.1 Å². The third-order valence-corrected chi connectivity index (χ3v) is 4.53. The van der Waals surface area contributed by atoms with Crippen LogP contribution in [0.5, 0.6) is 0 Å². The molecule has 122 valence electrons. The molecule has 1 aliphatic heterocycles. The lowest BCUT2D eigenvalue weighted by atomic mass is 9.96. The maximum absolute atomic E-state index is 12.3. The zero-order chi connectivity index (χ0) is 16.2. The molecule has 3 rings (SSSR count). The van der Waals surface area contributed by atoms with Crippen molar-refractivity contribution in [3.63, 3.8) is 0 Å². The summed E-state index contributed by atoms with van der Waals surface area (Å²) in [6.07, 6.45) is 1.69. The molecule has 0 unspecified atom stereocenters. The molecule has 1 fully saturated rings. The van der Waals surface area contributed by atoms with E-state index in [0.717, 1.165) is 36.1 Å². The quantitative estimate of drug-likeness (QED) is 0.885. The Morgan fingerprint density at radius 2 is 2.04 bits per heavy atom. The van der Waals surface area contributed by atoms with Crippen molar-refractivity contribution >= 4 is 27.5 Å². The monoisotopic (exact) mass is 378 g/mol. The molecule has 7 heteroatoms. The van der Waals surface area contributed by atoms with Gasteiger partial charge in [-0.25, -0.2) is 0 Å². The van der Waals surface area contributed by atoms with E-state index in [2.05, 4.69) is 36.3 Å². The summed E-state index contributed by atoms with van der Waals surface area (Å²) >= 11 is 3.39. The number of likely N-dealkylation sites (tertiary alicyclic amines) is 1. The third-order valence-electron chi connectivity index (χ3n) is 4.00. The summed E-state index contributed by atoms with van der Waals surface area (Å²) in [6.45, 7) is 4.19. The fraction of sp³-hybridized carbons (Fsp3) is 0.438. The molecular formula is C16H19BrN4O2. The number of carbonyl (C=O) groups is 1. The lowest BCUT2D eigenvalue weighted by Gasteiger charge is -2.30. The van der Waals surface area contributed by atoms with Crippen LogP contribution in [0, 0.1) is 12.8 Å². The molecular weight excluding hydrogens is 360 g/mol. The second kappa shape index (κ2) is 7.23. The van der Waals surface area contributed by atoms with E-state index in [-0.39, 0.29) is 11.8 Å². The first-order chi connectivity index (χ1) is 11.1. The minimum absolute atomic E-state index is 0.0549. The number of aryl methyl sites for hydroxylation is 1. The maximum atomic E-state index is 12.3. The molecule has 0 atom stereocenters. The van der Waals surface area contributed by atoms with Gasteiger partial charge in [-0.1, -0.05) is 21.1 Å². The van der Waals surface area contributed by atoms with Crippen LogP contribution in [-0.4, -0.2) is 34.0 Å². The molecule has 0 spiro atoms. The minimum Gasteiger partial charge on any atom is -0.338 e. The number of hydrogen-bond donors (Lipinski definition) is 1. The van der Waals surface area contributed by atoms with E-state index in [9.17, 15) is 4.79 Å². The molecule has 6 nitrogen and oxygen atoms in total. The zero-order valence-electron chi connectivity index (χ0n) is 13.0. The molecule has 0 saturated carbocycles. The first kappa shape index (κ1) is 16.1. The molecule has 1 aromatic carbocycles. The van der Waals surface area contributed by atoms with Crippen molar-refractivity contribution in [3.8, 4) is 0 Å². The first-order valence-corrected chi connectivity index (χ1v) is 8.47. The van der Waals surface area contributed by atoms with Crippen molar-refractivity contribution in [2.45, 2.75) is 26.3 Å². The normalized spacial score (nSPS) is 16.4. The fourth-order valence-corrected chi connectivity index (χ4v) is 2.99. The summed E-state index contributed by atoms with van der Waals surface area (Å²) in [5, 5.41) is 6.79. The van der Waals surface area contributed by atoms with Gasteiger partial charge in [0.1, 0.15) is 0 Å². The molecule has 1 aliphatic rings. The summed E-state index contributed by atoms with van der Waals surface area (Å²) in [4.78, 5) is 18.8. The second-order valence-corrected chi connectivity index (χ2v) is 6.70. The van der Waals surface area contributed by atoms with Crippen LogP contribution in [0.25, 0.3) is 0 Å². The van der Waals surface area contributed by atoms with E-state index in [1.54, 1.807) is 0 Å². The average Bonchev–Trinajstić information content (AvgIpc) is 2.95. The number of piperidine rings is 1. The highest BCUT2D eigenvalue weighted by Crippen LogP contribution is 2.21. The molecule has 0 aliphatic carbocycles. The minimum atomic E-state index is 0.0549. The Bertz CT molecular complexity index is 663. The average molecular weight is 379 g/mol. The van der Waals surface area contributed by atoms with Crippen LogP contribution in [0.3, 0.4) is 0 Å². The molecule has 1 N–H and O–H groups in total. The maximum Gasteiger partial charge on any atom is 0.240 e. The largest absolute Gasteiger partial charge is 0.338 e. The summed E-state index contributed by atoms with van der Waals surface area (Å²) in [5.74, 6) is 1.45. The highest BCUT2D eigenvalue weighted by Gasteiger charge is 2.25. The van der Waals surface area contributed by atoms with E-state index in [4.69, 9.17) is 4.52 Å². The van der Waals surface area contributed by atoms with Crippen molar-refractivity contribution < 1.29 is 9.32 Å². The first-order valence-electron chi connectivity index (χ1n) is 7.68. The van der Waals surface area contributed by atoms with Crippen molar-refractivity contribution in [1.29, 1.82) is 0 Å². The van der Waals surface area contributed by atoms with Crippen LogP contribution in [0.4, 0.5) is 5.69 Å². The van der Waals surface area contributed by atoms with Gasteiger partial charge in [0.15, 0.2) is 5.82 Å². The van der Waals surface area contributed by atoms with Crippen molar-refractivity contribution in [2.75, 3.05) is 18.4 Å². The number of carbonyl (C=O) groups excluding carboxylic acids is 1. The SMILES string of the molecule is Cc1noc(CN2CCC(C(=O)Nc3ccc(Br)cc3)CC2)n1. The molecule has 1 aromatic heterocycles. The molecule has 2 aromatic rings. The zero-order valence-corrected chi connectivity index (χ0v) is 14.5. The predicted octanol–water partition coefficient (Wildman–Crippen LogP) is 2.99. The Morgan fingerprint density at radius 3 is 2.65 bits per heavy atom. The Hall–Kier alpha value is -1.73. The summed E-state index contributed by atoms with van der Waals surface area (Å²) in [5.41, 5.74) is 0.835. The number of anilines is 1. The number of halogens is 1. The summed E-state index contributed by atoms with van der Waals surface area (Å²) in [7, 11) is 0. The van der Waals surface area contributed by atoms with E-state index >= 15 is 0 Å². The van der Waals surface area contributed by atoms with Crippen LogP contribution in [0.15, 0.2) is 33.3 Å². The number of nitrogens with zero attached hydrogens (tertiary/aromatic N) is 3. The highest BCUT2D eigenvalue weighted by molar-refractivity contribution is 9.10. The second-order valence-electron chi connectivity index (χ2n) is 5.78. The Morgan fingerprint density at radius 1 is 1.35 bits per heavy atom. The van der Waals surface area contributed by atoms with Crippen LogP contribution < -0.4 is 5.32 Å². The number of nitrogens with one attached hydrogen (secondary N) is 1. The fourth-order valence-electron chi connectivity index (χ4n) is 2.73. The van der Waals surface area contributed by atoms with Gasteiger partial charge in [0.25, 0.3) is 0 Å². The predicted molar refractivity (Wildman–Crippen MR) is 89.8 cm³/mol. The smallest absolute Gasteiger partial charge is 0.240 e. The van der Waals surface area contributed by atoms with Gasteiger partial charge < -0.3 is 9.84 Å². The molecule has 23 heavy (non-hydrogen) atoms. The van der Waals surface area contributed by atoms with Gasteiger partial charge in [-0.2, -0.15) is 4.98 Å². The van der Waals surface area contributed by atoms with E-state index in [1.165, 1.54) is 0 Å². The van der Waals surface area contributed by atoms with Crippen LogP contribution in [0.1, 0.15) is 24.6 Å². The Labute approximate surface area is 143 Å². The molecule has 0 radical (unpaired) electrons. The number of amides is 1. The molecule has 1 saturated heterocycles. The van der Waals surface area contributed by atoms with E-state index < -0.39 is 0 Å². The number of benzene rings is 1. The van der Waals surface area contributed by atoms with Gasteiger partial charge >= 0.3 is 0 Å². The lowest BCUT2D eigenvalue weighted by Crippen LogP contribution is -2.37. The lowest BCUT2D eigenvalue weighted by molar-refractivity contribution is -0.121. The van der Waals surface area contributed by atoms with Crippen LogP contribution >= 0.6 is 15.9 Å². The van der Waals surface area contributed by atoms with Gasteiger partial charge in [-0.05, 0) is 57.1 Å². The molecule has 2 heterocycles. The highest BCUT2D eigenvalue weighted by atomic mass is 79.9. The Balaban J connectivity index is 1.48. The Kier molecular flexibility index (Phi) is 5.07. The number of aromatic nitrogens is 2. The topological polar surface area (TPSA) is 71.3 Å². The van der Waals surface area contributed by atoms with Crippen LogP contribution in [0.2, 0.25) is 0 Å².